The number of ether oxygens (including phenoxy) is 2. The lowest BCUT2D eigenvalue weighted by atomic mass is 10.2. The molecule has 1 aromatic carbocycles. The van der Waals surface area contributed by atoms with Gasteiger partial charge in [0.2, 0.25) is 0 Å². The number of benzene rings is 1. The van der Waals surface area contributed by atoms with E-state index in [0.717, 1.165) is 22.3 Å². The summed E-state index contributed by atoms with van der Waals surface area (Å²) < 4.78 is 10.6. The second kappa shape index (κ2) is 5.36. The molecule has 0 atom stereocenters. The Balaban J connectivity index is 2.19. The van der Waals surface area contributed by atoms with Crippen molar-refractivity contribution in [2.45, 2.75) is 6.92 Å². The maximum absolute atomic E-state index is 5.36. The Labute approximate surface area is 122 Å². The zero-order chi connectivity index (χ0) is 14.8. The topological polar surface area (TPSA) is 57.1 Å². The van der Waals surface area contributed by atoms with Crippen LogP contribution in [-0.2, 0) is 0 Å². The average molecular weight is 281 g/mol. The van der Waals surface area contributed by atoms with Crippen LogP contribution in [0.5, 0.6) is 11.5 Å². The molecule has 0 aliphatic heterocycles. The molecule has 0 amide bonds. The number of aryl methyl sites for hydroxylation is 1. The first-order chi connectivity index (χ1) is 10.2. The third kappa shape index (κ3) is 2.50. The molecule has 0 fully saturated rings. The van der Waals surface area contributed by atoms with Gasteiger partial charge in [-0.15, -0.1) is 0 Å². The number of fused-ring (bicyclic) bond motifs is 1. The van der Waals surface area contributed by atoms with Crippen molar-refractivity contribution in [3.05, 3.63) is 42.2 Å². The largest absolute Gasteiger partial charge is 0.497 e. The molecule has 5 heteroatoms. The summed E-state index contributed by atoms with van der Waals surface area (Å²) in [6.07, 6.45) is 1.75. The van der Waals surface area contributed by atoms with E-state index in [-0.39, 0.29) is 0 Å². The van der Waals surface area contributed by atoms with Crippen LogP contribution in [0.15, 0.2) is 36.5 Å². The van der Waals surface area contributed by atoms with E-state index in [1.165, 1.54) is 0 Å². The van der Waals surface area contributed by atoms with Gasteiger partial charge in [0.05, 0.1) is 25.1 Å². The van der Waals surface area contributed by atoms with E-state index in [4.69, 9.17) is 9.47 Å². The number of methoxy groups -OCH3 is 2. The van der Waals surface area contributed by atoms with Gasteiger partial charge in [0.15, 0.2) is 5.82 Å². The van der Waals surface area contributed by atoms with Crippen LogP contribution in [0, 0.1) is 6.92 Å². The van der Waals surface area contributed by atoms with E-state index < -0.39 is 0 Å². The van der Waals surface area contributed by atoms with Crippen LogP contribution in [0.4, 0.5) is 0 Å². The molecule has 2 aromatic heterocycles. The van der Waals surface area contributed by atoms with Gasteiger partial charge < -0.3 is 9.47 Å². The van der Waals surface area contributed by atoms with Gasteiger partial charge in [0.1, 0.15) is 17.2 Å². The van der Waals surface area contributed by atoms with Crippen molar-refractivity contribution < 1.29 is 9.47 Å². The molecule has 0 N–H and O–H groups in total. The first kappa shape index (κ1) is 13.3. The van der Waals surface area contributed by atoms with Crippen LogP contribution in [0.2, 0.25) is 0 Å². The molecule has 106 valence electrons. The fraction of sp³-hybridized carbons (Fsp3) is 0.188. The number of pyridine rings is 1. The Morgan fingerprint density at radius 2 is 1.86 bits per heavy atom. The molecular formula is C16H15N3O2. The fourth-order valence-electron chi connectivity index (χ4n) is 2.16. The van der Waals surface area contributed by atoms with E-state index >= 15 is 0 Å². The SMILES string of the molecule is COc1cc(OC)c2cnc(-c3cccc(C)n3)nc2c1. The molecule has 0 unspecified atom stereocenters. The molecule has 3 rings (SSSR count). The molecule has 0 saturated carbocycles. The maximum atomic E-state index is 5.36. The Hall–Kier alpha value is -2.69. The van der Waals surface area contributed by atoms with Crippen LogP contribution < -0.4 is 9.47 Å². The Morgan fingerprint density at radius 3 is 2.57 bits per heavy atom. The molecule has 0 aliphatic rings. The summed E-state index contributed by atoms with van der Waals surface area (Å²) in [5.74, 6) is 1.97. The minimum atomic E-state index is 0.585. The summed E-state index contributed by atoms with van der Waals surface area (Å²) in [5.41, 5.74) is 2.44. The van der Waals surface area contributed by atoms with Gasteiger partial charge in [-0.3, -0.25) is 0 Å². The molecule has 5 nitrogen and oxygen atoms in total. The Morgan fingerprint density at radius 1 is 1.00 bits per heavy atom. The fourth-order valence-corrected chi connectivity index (χ4v) is 2.16. The highest BCUT2D eigenvalue weighted by Gasteiger charge is 2.10. The third-order valence-electron chi connectivity index (χ3n) is 3.21. The van der Waals surface area contributed by atoms with E-state index in [2.05, 4.69) is 15.0 Å². The van der Waals surface area contributed by atoms with Crippen LogP contribution in [0.3, 0.4) is 0 Å². The van der Waals surface area contributed by atoms with Gasteiger partial charge in [-0.2, -0.15) is 0 Å². The quantitative estimate of drug-likeness (QED) is 0.738. The molecule has 2 heterocycles. The van der Waals surface area contributed by atoms with E-state index in [1.54, 1.807) is 20.4 Å². The van der Waals surface area contributed by atoms with Gasteiger partial charge in [-0.1, -0.05) is 6.07 Å². The van der Waals surface area contributed by atoms with Crippen LogP contribution in [0.25, 0.3) is 22.4 Å². The molecule has 0 bridgehead atoms. The second-order valence-corrected chi connectivity index (χ2v) is 4.62. The van der Waals surface area contributed by atoms with E-state index in [9.17, 15) is 0 Å². The van der Waals surface area contributed by atoms with Gasteiger partial charge >= 0.3 is 0 Å². The number of rotatable bonds is 3. The summed E-state index contributed by atoms with van der Waals surface area (Å²) in [5, 5.41) is 0.842. The molecule has 0 saturated heterocycles. The highest BCUT2D eigenvalue weighted by Crippen LogP contribution is 2.30. The summed E-state index contributed by atoms with van der Waals surface area (Å²) in [4.78, 5) is 13.4. The predicted octanol–water partition coefficient (Wildman–Crippen LogP) is 3.02. The van der Waals surface area contributed by atoms with Crippen molar-refractivity contribution in [2.24, 2.45) is 0 Å². The first-order valence-corrected chi connectivity index (χ1v) is 6.54. The van der Waals surface area contributed by atoms with Crippen molar-refractivity contribution in [3.8, 4) is 23.0 Å². The number of hydrogen-bond acceptors (Lipinski definition) is 5. The Bertz CT molecular complexity index is 803. The van der Waals surface area contributed by atoms with Crippen molar-refractivity contribution in [1.82, 2.24) is 15.0 Å². The summed E-state index contributed by atoms with van der Waals surface area (Å²) in [6.45, 7) is 1.94. The smallest absolute Gasteiger partial charge is 0.178 e. The molecular weight excluding hydrogens is 266 g/mol. The van der Waals surface area contributed by atoms with Crippen LogP contribution in [0.1, 0.15) is 5.69 Å². The monoisotopic (exact) mass is 281 g/mol. The molecule has 0 spiro atoms. The van der Waals surface area contributed by atoms with Gasteiger partial charge in [-0.05, 0) is 19.1 Å². The van der Waals surface area contributed by atoms with Gasteiger partial charge in [-0.25, -0.2) is 15.0 Å². The highest BCUT2D eigenvalue weighted by atomic mass is 16.5. The zero-order valence-electron chi connectivity index (χ0n) is 12.1. The van der Waals surface area contributed by atoms with Crippen molar-refractivity contribution >= 4 is 10.9 Å². The minimum Gasteiger partial charge on any atom is -0.497 e. The maximum Gasteiger partial charge on any atom is 0.178 e. The lowest BCUT2D eigenvalue weighted by Crippen LogP contribution is -1.96. The number of hydrogen-bond donors (Lipinski definition) is 0. The lowest BCUT2D eigenvalue weighted by molar-refractivity contribution is 0.397. The summed E-state index contributed by atoms with van der Waals surface area (Å²) in [7, 11) is 3.23. The summed E-state index contributed by atoms with van der Waals surface area (Å²) in [6, 6.07) is 9.45. The number of nitrogens with zero attached hydrogens (tertiary/aromatic N) is 3. The lowest BCUT2D eigenvalue weighted by Gasteiger charge is -2.09. The standard InChI is InChI=1S/C16H15N3O2/c1-10-5-4-6-13(18-10)16-17-9-12-14(19-16)7-11(20-2)8-15(12)21-3/h4-9H,1-3H3. The van der Waals surface area contributed by atoms with Gasteiger partial charge in [0.25, 0.3) is 0 Å². The van der Waals surface area contributed by atoms with E-state index in [0.29, 0.717) is 17.3 Å². The van der Waals surface area contributed by atoms with E-state index in [1.807, 2.05) is 37.3 Å². The Kier molecular flexibility index (Phi) is 3.39. The third-order valence-corrected chi connectivity index (χ3v) is 3.21. The van der Waals surface area contributed by atoms with Crippen molar-refractivity contribution in [2.75, 3.05) is 14.2 Å². The molecule has 0 radical (unpaired) electrons. The van der Waals surface area contributed by atoms with Crippen LogP contribution in [-0.4, -0.2) is 29.2 Å². The minimum absolute atomic E-state index is 0.585. The van der Waals surface area contributed by atoms with Crippen LogP contribution >= 0.6 is 0 Å². The zero-order valence-corrected chi connectivity index (χ0v) is 12.1. The normalized spacial score (nSPS) is 10.6. The van der Waals surface area contributed by atoms with Crippen molar-refractivity contribution in [3.63, 3.8) is 0 Å². The highest BCUT2D eigenvalue weighted by molar-refractivity contribution is 5.87. The van der Waals surface area contributed by atoms with Gasteiger partial charge in [0, 0.05) is 24.0 Å². The first-order valence-electron chi connectivity index (χ1n) is 6.54. The summed E-state index contributed by atoms with van der Waals surface area (Å²) >= 11 is 0. The number of aromatic nitrogens is 3. The molecule has 3 aromatic rings. The second-order valence-electron chi connectivity index (χ2n) is 4.62. The predicted molar refractivity (Wildman–Crippen MR) is 80.6 cm³/mol. The average Bonchev–Trinajstić information content (AvgIpc) is 2.53. The molecule has 21 heavy (non-hydrogen) atoms. The van der Waals surface area contributed by atoms with Crippen molar-refractivity contribution in [1.29, 1.82) is 0 Å². The molecule has 0 aliphatic carbocycles.